The number of hydrogen-bond donors (Lipinski definition) is 3. The minimum atomic E-state index is -0.0160. The fourth-order valence-corrected chi connectivity index (χ4v) is 4.95. The smallest absolute Gasteiger partial charge is 0.224 e. The first-order valence-electron chi connectivity index (χ1n) is 11.7. The molecule has 5 heterocycles. The molecule has 0 bridgehead atoms. The number of nitrogens with one attached hydrogen (secondary N) is 3. The first-order chi connectivity index (χ1) is 17.5. The van der Waals surface area contributed by atoms with E-state index in [9.17, 15) is 4.79 Å². The molecule has 3 N–H and O–H groups in total. The number of aromatic nitrogens is 6. The second-order valence-corrected chi connectivity index (χ2v) is 9.90. The van der Waals surface area contributed by atoms with E-state index in [1.807, 2.05) is 43.6 Å². The van der Waals surface area contributed by atoms with Crippen molar-refractivity contribution in [2.24, 2.45) is 5.92 Å². The van der Waals surface area contributed by atoms with Crippen LogP contribution in [0.4, 0.5) is 5.69 Å². The molecular formula is C27H23N7OS. The molecule has 36 heavy (non-hydrogen) atoms. The molecule has 0 unspecified atom stereocenters. The third-order valence-corrected chi connectivity index (χ3v) is 6.65. The number of H-pyrrole nitrogens is 2. The summed E-state index contributed by atoms with van der Waals surface area (Å²) in [5.74, 6) is 0.946. The lowest BCUT2D eigenvalue weighted by atomic mass is 10.0. The van der Waals surface area contributed by atoms with Crippen molar-refractivity contribution in [2.75, 3.05) is 5.32 Å². The van der Waals surface area contributed by atoms with Crippen LogP contribution in [0.25, 0.3) is 55.7 Å². The zero-order chi connectivity index (χ0) is 24.6. The highest BCUT2D eigenvalue weighted by Gasteiger charge is 2.16. The Labute approximate surface area is 210 Å². The first-order valence-corrected chi connectivity index (χ1v) is 12.6. The Morgan fingerprint density at radius 3 is 2.72 bits per heavy atom. The lowest BCUT2D eigenvalue weighted by molar-refractivity contribution is -0.116. The number of anilines is 1. The lowest BCUT2D eigenvalue weighted by Crippen LogP contribution is -2.13. The van der Waals surface area contributed by atoms with E-state index in [0.717, 1.165) is 49.9 Å². The highest BCUT2D eigenvalue weighted by atomic mass is 32.1. The molecule has 0 saturated heterocycles. The summed E-state index contributed by atoms with van der Waals surface area (Å²) < 4.78 is 0. The van der Waals surface area contributed by atoms with Gasteiger partial charge in [-0.3, -0.25) is 19.9 Å². The minimum absolute atomic E-state index is 0.0160. The number of aromatic amines is 2. The third-order valence-electron chi connectivity index (χ3n) is 5.96. The summed E-state index contributed by atoms with van der Waals surface area (Å²) in [5.41, 5.74) is 7.98. The number of amides is 1. The standard InChI is InChI=1S/C27H23N7OS/c1-15(2)7-24(35)30-19-8-18(10-28-11-19)16-3-4-22-20(9-16)26(34-33-22)27-31-23-13-29-12-21(25(23)32-27)17-5-6-36-14-17/h3-6,8-15H,7H2,1-2H3,(H,30,35)(H,31,32)(H,33,34). The van der Waals surface area contributed by atoms with Crippen molar-refractivity contribution in [3.8, 4) is 33.8 Å². The first kappa shape index (κ1) is 22.1. The van der Waals surface area contributed by atoms with E-state index in [1.165, 1.54) is 0 Å². The number of fused-ring (bicyclic) bond motifs is 2. The number of thiophene rings is 1. The summed E-state index contributed by atoms with van der Waals surface area (Å²) in [6.45, 7) is 4.04. The van der Waals surface area contributed by atoms with Gasteiger partial charge in [-0.1, -0.05) is 19.9 Å². The number of imidazole rings is 1. The monoisotopic (exact) mass is 493 g/mol. The van der Waals surface area contributed by atoms with Crippen molar-refractivity contribution < 1.29 is 4.79 Å². The normalized spacial score (nSPS) is 11.5. The van der Waals surface area contributed by atoms with Gasteiger partial charge in [0.05, 0.1) is 29.1 Å². The quantitative estimate of drug-likeness (QED) is 0.253. The Morgan fingerprint density at radius 2 is 1.89 bits per heavy atom. The van der Waals surface area contributed by atoms with E-state index >= 15 is 0 Å². The van der Waals surface area contributed by atoms with E-state index in [1.54, 1.807) is 29.9 Å². The van der Waals surface area contributed by atoms with Crippen molar-refractivity contribution in [1.82, 2.24) is 30.1 Å². The molecule has 0 aliphatic rings. The Hall–Kier alpha value is -4.37. The van der Waals surface area contributed by atoms with Crippen LogP contribution in [0.5, 0.6) is 0 Å². The summed E-state index contributed by atoms with van der Waals surface area (Å²) in [7, 11) is 0. The second kappa shape index (κ2) is 9.01. The van der Waals surface area contributed by atoms with E-state index in [4.69, 9.17) is 4.98 Å². The topological polar surface area (TPSA) is 112 Å². The molecule has 9 heteroatoms. The van der Waals surface area contributed by atoms with Crippen LogP contribution >= 0.6 is 11.3 Å². The highest BCUT2D eigenvalue weighted by Crippen LogP contribution is 2.33. The van der Waals surface area contributed by atoms with Crippen molar-refractivity contribution >= 4 is 44.9 Å². The predicted octanol–water partition coefficient (Wildman–Crippen LogP) is 6.28. The Bertz CT molecular complexity index is 1700. The summed E-state index contributed by atoms with van der Waals surface area (Å²) in [6.07, 6.45) is 7.55. The average Bonchev–Trinajstić information content (AvgIpc) is 3.62. The Balaban J connectivity index is 1.38. The second-order valence-electron chi connectivity index (χ2n) is 9.12. The van der Waals surface area contributed by atoms with Gasteiger partial charge in [-0.25, -0.2) is 4.98 Å². The molecule has 6 rings (SSSR count). The van der Waals surface area contributed by atoms with E-state index in [-0.39, 0.29) is 5.91 Å². The van der Waals surface area contributed by atoms with Gasteiger partial charge in [0, 0.05) is 35.3 Å². The molecular weight excluding hydrogens is 470 g/mol. The number of nitrogens with zero attached hydrogens (tertiary/aromatic N) is 4. The lowest BCUT2D eigenvalue weighted by Gasteiger charge is -2.09. The molecule has 1 aromatic carbocycles. The van der Waals surface area contributed by atoms with Gasteiger partial charge in [0.2, 0.25) is 5.91 Å². The molecule has 0 spiro atoms. The van der Waals surface area contributed by atoms with Crippen molar-refractivity contribution in [2.45, 2.75) is 20.3 Å². The Kier molecular flexibility index (Phi) is 5.54. The van der Waals surface area contributed by atoms with Crippen molar-refractivity contribution in [3.63, 3.8) is 0 Å². The van der Waals surface area contributed by atoms with Crippen LogP contribution < -0.4 is 5.32 Å². The number of rotatable bonds is 6. The fraction of sp³-hybridized carbons (Fsp3) is 0.148. The van der Waals surface area contributed by atoms with Crippen LogP contribution in [0.15, 0.2) is 65.9 Å². The molecule has 0 fully saturated rings. The van der Waals surface area contributed by atoms with E-state index in [0.29, 0.717) is 23.9 Å². The van der Waals surface area contributed by atoms with Gasteiger partial charge in [0.15, 0.2) is 5.82 Å². The van der Waals surface area contributed by atoms with Crippen LogP contribution in [-0.2, 0) is 4.79 Å². The van der Waals surface area contributed by atoms with E-state index in [2.05, 4.69) is 48.0 Å². The summed E-state index contributed by atoms with van der Waals surface area (Å²) >= 11 is 1.64. The summed E-state index contributed by atoms with van der Waals surface area (Å²) in [5, 5.41) is 15.7. The Morgan fingerprint density at radius 1 is 1.00 bits per heavy atom. The number of hydrogen-bond acceptors (Lipinski definition) is 6. The van der Waals surface area contributed by atoms with Gasteiger partial charge in [-0.15, -0.1) is 0 Å². The predicted molar refractivity (Wildman–Crippen MR) is 144 cm³/mol. The number of carbonyl (C=O) groups is 1. The van der Waals surface area contributed by atoms with Crippen LogP contribution in [0, 0.1) is 5.92 Å². The third kappa shape index (κ3) is 4.14. The molecule has 0 aliphatic carbocycles. The molecule has 8 nitrogen and oxygen atoms in total. The zero-order valence-corrected chi connectivity index (χ0v) is 20.6. The molecule has 0 atom stereocenters. The molecule has 6 aromatic rings. The molecule has 0 aliphatic heterocycles. The number of pyridine rings is 2. The van der Waals surface area contributed by atoms with Gasteiger partial charge >= 0.3 is 0 Å². The minimum Gasteiger partial charge on any atom is -0.335 e. The van der Waals surface area contributed by atoms with Gasteiger partial charge in [0.25, 0.3) is 0 Å². The molecule has 5 aromatic heterocycles. The maximum atomic E-state index is 12.2. The van der Waals surface area contributed by atoms with Crippen molar-refractivity contribution in [3.05, 3.63) is 65.9 Å². The average molecular weight is 494 g/mol. The SMILES string of the molecule is CC(C)CC(=O)Nc1cncc(-c2ccc3[nH]nc(-c4nc5c(-c6ccsc6)cncc5[nH]4)c3c2)c1. The largest absolute Gasteiger partial charge is 0.335 e. The van der Waals surface area contributed by atoms with E-state index < -0.39 is 0 Å². The maximum Gasteiger partial charge on any atom is 0.224 e. The molecule has 0 saturated carbocycles. The number of benzene rings is 1. The van der Waals surface area contributed by atoms with Gasteiger partial charge in [-0.2, -0.15) is 16.4 Å². The van der Waals surface area contributed by atoms with Crippen LogP contribution in [0.1, 0.15) is 20.3 Å². The van der Waals surface area contributed by atoms with Crippen LogP contribution in [0.2, 0.25) is 0 Å². The maximum absolute atomic E-state index is 12.2. The highest BCUT2D eigenvalue weighted by molar-refractivity contribution is 7.08. The molecule has 1 amide bonds. The van der Waals surface area contributed by atoms with Crippen LogP contribution in [-0.4, -0.2) is 36.0 Å². The van der Waals surface area contributed by atoms with Crippen molar-refractivity contribution in [1.29, 1.82) is 0 Å². The summed E-state index contributed by atoms with van der Waals surface area (Å²) in [4.78, 5) is 29.2. The van der Waals surface area contributed by atoms with Gasteiger partial charge in [-0.05, 0) is 52.1 Å². The summed E-state index contributed by atoms with van der Waals surface area (Å²) in [6, 6.07) is 10.1. The molecule has 178 valence electrons. The fourth-order valence-electron chi connectivity index (χ4n) is 4.30. The van der Waals surface area contributed by atoms with Gasteiger partial charge in [0.1, 0.15) is 11.2 Å². The van der Waals surface area contributed by atoms with Crippen LogP contribution in [0.3, 0.4) is 0 Å². The zero-order valence-electron chi connectivity index (χ0n) is 19.7. The molecule has 0 radical (unpaired) electrons. The van der Waals surface area contributed by atoms with Gasteiger partial charge < -0.3 is 10.3 Å². The number of carbonyl (C=O) groups excluding carboxylic acids is 1.